The number of ether oxygens (including phenoxy) is 2. The number of likely N-dealkylation sites (tertiary alicyclic amines) is 1. The van der Waals surface area contributed by atoms with E-state index in [0.717, 1.165) is 17.7 Å². The number of aliphatic hydroxyl groups is 1. The average Bonchev–Trinajstić information content (AvgIpc) is 3.64. The molecule has 5 N–H and O–H groups in total. The number of fused-ring (bicyclic) bond motifs is 15. The number of piperidine rings is 1. The van der Waals surface area contributed by atoms with E-state index in [1.807, 2.05) is 30.3 Å². The number of anilines is 1. The van der Waals surface area contributed by atoms with Crippen molar-refractivity contribution in [3.05, 3.63) is 90.0 Å². The first-order valence-electron chi connectivity index (χ1n) is 19.0. The molecule has 4 atom stereocenters. The van der Waals surface area contributed by atoms with Gasteiger partial charge in [0.15, 0.2) is 5.60 Å². The SMILES string of the molecule is C[C@@H]1NC(=O)C([C@@H](C)O)NC(=O)C2(CCN(C(=O)c3ccc(N4CCCC4=O)cc3)CC2)Oc2ccc(cc2)OCCNC(=O)[C@H](Cc2ccccc2)NC1=O. The van der Waals surface area contributed by atoms with Crippen LogP contribution in [0.25, 0.3) is 0 Å². The molecule has 0 saturated carbocycles. The third-order valence-corrected chi connectivity index (χ3v) is 10.3. The normalized spacial score (nSPS) is 22.9. The van der Waals surface area contributed by atoms with Crippen molar-refractivity contribution in [3.8, 4) is 11.5 Å². The second kappa shape index (κ2) is 17.7. The Labute approximate surface area is 325 Å². The van der Waals surface area contributed by atoms with E-state index >= 15 is 0 Å². The monoisotopic (exact) mass is 768 g/mol. The van der Waals surface area contributed by atoms with Crippen molar-refractivity contribution in [2.75, 3.05) is 37.7 Å². The van der Waals surface area contributed by atoms with Gasteiger partial charge in [-0.1, -0.05) is 30.3 Å². The van der Waals surface area contributed by atoms with Crippen LogP contribution >= 0.6 is 0 Å². The van der Waals surface area contributed by atoms with Gasteiger partial charge in [0.05, 0.1) is 12.6 Å². The quantitative estimate of drug-likeness (QED) is 0.239. The summed E-state index contributed by atoms with van der Waals surface area (Å²) in [5.41, 5.74) is 0.426. The highest BCUT2D eigenvalue weighted by atomic mass is 16.5. The summed E-state index contributed by atoms with van der Waals surface area (Å²) >= 11 is 0. The second-order valence-corrected chi connectivity index (χ2v) is 14.4. The molecule has 56 heavy (non-hydrogen) atoms. The summed E-state index contributed by atoms with van der Waals surface area (Å²) in [6, 6.07) is 19.0. The van der Waals surface area contributed by atoms with Gasteiger partial charge in [-0.15, -0.1) is 0 Å². The summed E-state index contributed by atoms with van der Waals surface area (Å²) in [4.78, 5) is 83.6. The van der Waals surface area contributed by atoms with Crippen LogP contribution in [0.4, 0.5) is 5.69 Å². The minimum Gasteiger partial charge on any atom is -0.492 e. The predicted molar refractivity (Wildman–Crippen MR) is 205 cm³/mol. The van der Waals surface area contributed by atoms with E-state index in [2.05, 4.69) is 21.3 Å². The fraction of sp³-hybridized carbons (Fsp3) is 0.415. The molecule has 1 spiro atoms. The maximum atomic E-state index is 14.3. The number of nitrogens with zero attached hydrogens (tertiary/aromatic N) is 2. The zero-order valence-corrected chi connectivity index (χ0v) is 31.5. The maximum Gasteiger partial charge on any atom is 0.265 e. The van der Waals surface area contributed by atoms with Gasteiger partial charge in [0.25, 0.3) is 11.8 Å². The largest absolute Gasteiger partial charge is 0.492 e. The Hall–Kier alpha value is -5.96. The van der Waals surface area contributed by atoms with E-state index in [1.165, 1.54) is 13.8 Å². The average molecular weight is 769 g/mol. The van der Waals surface area contributed by atoms with Crippen LogP contribution in [0.3, 0.4) is 0 Å². The lowest BCUT2D eigenvalue weighted by molar-refractivity contribution is -0.145. The van der Waals surface area contributed by atoms with E-state index in [9.17, 15) is 33.9 Å². The molecule has 4 heterocycles. The lowest BCUT2D eigenvalue weighted by Crippen LogP contribution is -2.63. The first-order chi connectivity index (χ1) is 26.9. The lowest BCUT2D eigenvalue weighted by atomic mass is 9.88. The molecule has 0 aromatic heterocycles. The third kappa shape index (κ3) is 9.45. The standard InChI is InChI=1S/C41H48N6O9/c1-26-36(50)44-33(25-28-7-4-3-5-8-28)37(51)42-20-24-55-31-14-16-32(17-15-31)56-41(40(54)45-35(27(2)48)38(52)43-26)18-22-46(23-19-41)39(53)29-10-12-30(13-11-29)47-21-6-9-34(47)49/h3-5,7-8,10-17,26-27,33,35,48H,6,9,18-25H2,1-2H3,(H,42,51)(H,43,52)(H,44,50)(H,45,54)/t26-,27+,33-,35?/m0/s1. The van der Waals surface area contributed by atoms with Gasteiger partial charge in [0.2, 0.25) is 23.6 Å². The van der Waals surface area contributed by atoms with Crippen LogP contribution in [-0.2, 0) is 30.4 Å². The van der Waals surface area contributed by atoms with E-state index in [1.54, 1.807) is 58.3 Å². The van der Waals surface area contributed by atoms with Crippen molar-refractivity contribution in [3.63, 3.8) is 0 Å². The first-order valence-corrected chi connectivity index (χ1v) is 19.0. The highest BCUT2D eigenvalue weighted by Crippen LogP contribution is 2.32. The number of aliphatic hydroxyl groups excluding tert-OH is 1. The fourth-order valence-electron chi connectivity index (χ4n) is 7.03. The number of hydrogen-bond acceptors (Lipinski definition) is 9. The molecule has 1 unspecified atom stereocenters. The van der Waals surface area contributed by atoms with E-state index in [4.69, 9.17) is 9.47 Å². The van der Waals surface area contributed by atoms with E-state index in [-0.39, 0.29) is 57.3 Å². The van der Waals surface area contributed by atoms with Gasteiger partial charge in [-0.2, -0.15) is 0 Å². The molecule has 3 aromatic carbocycles. The van der Waals surface area contributed by atoms with Crippen LogP contribution in [0, 0.1) is 0 Å². The van der Waals surface area contributed by atoms with Crippen molar-refractivity contribution < 1.29 is 43.3 Å². The topological polar surface area (TPSA) is 196 Å². The number of amides is 6. The summed E-state index contributed by atoms with van der Waals surface area (Å²) < 4.78 is 12.2. The zero-order chi connectivity index (χ0) is 39.8. The van der Waals surface area contributed by atoms with Gasteiger partial charge in [0, 0.05) is 56.6 Å². The Morgan fingerprint density at radius 3 is 2.16 bits per heavy atom. The number of hydrogen-bond donors (Lipinski definition) is 5. The van der Waals surface area contributed by atoms with Crippen LogP contribution in [0.15, 0.2) is 78.9 Å². The molecule has 2 fully saturated rings. The maximum absolute atomic E-state index is 14.3. The Morgan fingerprint density at radius 1 is 0.839 bits per heavy atom. The van der Waals surface area contributed by atoms with E-state index in [0.29, 0.717) is 30.0 Å². The second-order valence-electron chi connectivity index (χ2n) is 14.4. The number of benzene rings is 3. The van der Waals surface area contributed by atoms with Gasteiger partial charge >= 0.3 is 0 Å². The van der Waals surface area contributed by atoms with Crippen LogP contribution < -0.4 is 35.6 Å². The number of carbonyl (C=O) groups is 6. The highest BCUT2D eigenvalue weighted by Gasteiger charge is 2.46. The number of rotatable bonds is 5. The summed E-state index contributed by atoms with van der Waals surface area (Å²) in [7, 11) is 0. The molecule has 296 valence electrons. The Bertz CT molecular complexity index is 1900. The molecule has 0 aliphatic carbocycles. The molecule has 4 aliphatic heterocycles. The molecule has 7 rings (SSSR count). The van der Waals surface area contributed by atoms with Gasteiger partial charge < -0.3 is 45.6 Å². The summed E-state index contributed by atoms with van der Waals surface area (Å²) in [6.07, 6.45) is 0.207. The van der Waals surface area contributed by atoms with Gasteiger partial charge in [-0.25, -0.2) is 0 Å². The summed E-state index contributed by atoms with van der Waals surface area (Å²) in [5.74, 6) is -1.98. The zero-order valence-electron chi connectivity index (χ0n) is 31.5. The predicted octanol–water partition coefficient (Wildman–Crippen LogP) is 1.47. The van der Waals surface area contributed by atoms with Crippen LogP contribution in [0.1, 0.15) is 55.5 Å². The van der Waals surface area contributed by atoms with Crippen molar-refractivity contribution >= 4 is 41.1 Å². The van der Waals surface area contributed by atoms with Crippen LogP contribution in [-0.4, -0.2) is 108 Å². The molecule has 15 heteroatoms. The van der Waals surface area contributed by atoms with Gasteiger partial charge in [-0.3, -0.25) is 28.8 Å². The third-order valence-electron chi connectivity index (χ3n) is 10.3. The smallest absolute Gasteiger partial charge is 0.265 e. The summed E-state index contributed by atoms with van der Waals surface area (Å²) in [5, 5.41) is 21.5. The number of carbonyl (C=O) groups excluding carboxylic acids is 6. The molecule has 4 aliphatic rings. The van der Waals surface area contributed by atoms with E-state index < -0.39 is 53.5 Å². The van der Waals surface area contributed by atoms with Crippen molar-refractivity contribution in [2.45, 2.75) is 75.8 Å². The minimum atomic E-state index is -1.55. The fourth-order valence-corrected chi connectivity index (χ4v) is 7.03. The van der Waals surface area contributed by atoms with Crippen LogP contribution in [0.5, 0.6) is 11.5 Å². The minimum absolute atomic E-state index is 0.0508. The molecule has 15 nitrogen and oxygen atoms in total. The molecule has 2 saturated heterocycles. The number of nitrogens with one attached hydrogen (secondary N) is 4. The van der Waals surface area contributed by atoms with Crippen molar-refractivity contribution in [2.24, 2.45) is 0 Å². The molecule has 0 radical (unpaired) electrons. The Morgan fingerprint density at radius 2 is 1.52 bits per heavy atom. The molecule has 2 bridgehead atoms. The van der Waals surface area contributed by atoms with Crippen molar-refractivity contribution in [1.29, 1.82) is 0 Å². The van der Waals surface area contributed by atoms with Gasteiger partial charge in [-0.05, 0) is 74.4 Å². The first kappa shape index (κ1) is 39.7. The Kier molecular flexibility index (Phi) is 12.5. The Balaban J connectivity index is 1.20. The van der Waals surface area contributed by atoms with Crippen LogP contribution in [0.2, 0.25) is 0 Å². The molecular weight excluding hydrogens is 720 g/mol. The molecule has 3 aromatic rings. The highest BCUT2D eigenvalue weighted by molar-refractivity contribution is 5.98. The van der Waals surface area contributed by atoms with Crippen molar-refractivity contribution in [1.82, 2.24) is 26.2 Å². The molecular formula is C41H48N6O9. The lowest BCUT2D eigenvalue weighted by Gasteiger charge is -2.41. The van der Waals surface area contributed by atoms with Gasteiger partial charge in [0.1, 0.15) is 36.2 Å². The molecule has 6 amide bonds. The summed E-state index contributed by atoms with van der Waals surface area (Å²) in [6.45, 7) is 3.95.